The second-order valence-corrected chi connectivity index (χ2v) is 1.71. The number of hydrogen-bond acceptors (Lipinski definition) is 1. The van der Waals surface area contributed by atoms with Crippen molar-refractivity contribution >= 4 is 5.84 Å². The van der Waals surface area contributed by atoms with Crippen LogP contribution in [0, 0.1) is 5.41 Å². The van der Waals surface area contributed by atoms with Crippen molar-refractivity contribution in [1.29, 1.82) is 5.41 Å². The SMILES string of the molecule is C=CCCCC(=N)N. The summed E-state index contributed by atoms with van der Waals surface area (Å²) in [4.78, 5) is 0. The molecule has 0 heterocycles. The van der Waals surface area contributed by atoms with E-state index in [1.807, 2.05) is 6.08 Å². The molecule has 0 aliphatic heterocycles. The molecule has 0 radical (unpaired) electrons. The molecule has 2 heteroatoms. The van der Waals surface area contributed by atoms with Crippen LogP contribution >= 0.6 is 0 Å². The van der Waals surface area contributed by atoms with E-state index in [0.29, 0.717) is 6.42 Å². The van der Waals surface area contributed by atoms with Crippen LogP contribution in [0.3, 0.4) is 0 Å². The molecule has 0 amide bonds. The van der Waals surface area contributed by atoms with Gasteiger partial charge in [0, 0.05) is 6.42 Å². The van der Waals surface area contributed by atoms with Crippen molar-refractivity contribution in [2.75, 3.05) is 0 Å². The van der Waals surface area contributed by atoms with Gasteiger partial charge in [-0.2, -0.15) is 0 Å². The van der Waals surface area contributed by atoms with Gasteiger partial charge < -0.3 is 5.73 Å². The first kappa shape index (κ1) is 7.21. The Labute approximate surface area is 49.9 Å². The predicted molar refractivity (Wildman–Crippen MR) is 36.0 cm³/mol. The highest BCUT2D eigenvalue weighted by Crippen LogP contribution is 1.92. The minimum absolute atomic E-state index is 0.270. The maximum Gasteiger partial charge on any atom is 0.0905 e. The van der Waals surface area contributed by atoms with Gasteiger partial charge in [-0.05, 0) is 12.8 Å². The molecule has 0 aromatic carbocycles. The molecule has 0 unspecified atom stereocenters. The third-order valence-corrected chi connectivity index (χ3v) is 0.854. The molecule has 0 bridgehead atoms. The van der Waals surface area contributed by atoms with Gasteiger partial charge in [0.1, 0.15) is 0 Å². The van der Waals surface area contributed by atoms with Crippen LogP contribution in [0.25, 0.3) is 0 Å². The Hall–Kier alpha value is -0.790. The van der Waals surface area contributed by atoms with Crippen molar-refractivity contribution in [2.24, 2.45) is 5.73 Å². The van der Waals surface area contributed by atoms with E-state index in [2.05, 4.69) is 6.58 Å². The van der Waals surface area contributed by atoms with Crippen LogP contribution in [0.2, 0.25) is 0 Å². The van der Waals surface area contributed by atoms with Crippen molar-refractivity contribution in [3.05, 3.63) is 12.7 Å². The summed E-state index contributed by atoms with van der Waals surface area (Å²) in [5.41, 5.74) is 5.08. The Morgan fingerprint density at radius 2 is 2.38 bits per heavy atom. The lowest BCUT2D eigenvalue weighted by molar-refractivity contribution is 0.885. The number of unbranched alkanes of at least 4 members (excludes halogenated alkanes) is 1. The van der Waals surface area contributed by atoms with Gasteiger partial charge in [0.15, 0.2) is 0 Å². The van der Waals surface area contributed by atoms with Crippen LogP contribution in [0.5, 0.6) is 0 Å². The fourth-order valence-electron chi connectivity index (χ4n) is 0.437. The Morgan fingerprint density at radius 1 is 1.75 bits per heavy atom. The van der Waals surface area contributed by atoms with Crippen LogP contribution in [0.15, 0.2) is 12.7 Å². The zero-order valence-corrected chi connectivity index (χ0v) is 4.98. The molecular weight excluding hydrogens is 100 g/mol. The van der Waals surface area contributed by atoms with E-state index in [1.54, 1.807) is 0 Å². The van der Waals surface area contributed by atoms with Crippen LogP contribution in [-0.2, 0) is 0 Å². The minimum atomic E-state index is 0.270. The molecule has 0 rings (SSSR count). The molecule has 8 heavy (non-hydrogen) atoms. The molecule has 0 aromatic rings. The summed E-state index contributed by atoms with van der Waals surface area (Å²) in [7, 11) is 0. The highest BCUT2D eigenvalue weighted by atomic mass is 14.7. The fraction of sp³-hybridized carbons (Fsp3) is 0.500. The van der Waals surface area contributed by atoms with Gasteiger partial charge in [0.25, 0.3) is 0 Å². The van der Waals surface area contributed by atoms with E-state index in [1.165, 1.54) is 0 Å². The topological polar surface area (TPSA) is 49.9 Å². The van der Waals surface area contributed by atoms with E-state index in [4.69, 9.17) is 11.1 Å². The molecule has 0 fully saturated rings. The largest absolute Gasteiger partial charge is 0.388 e. The Bertz CT molecular complexity index is 86.5. The molecule has 0 atom stereocenters. The van der Waals surface area contributed by atoms with Crippen molar-refractivity contribution in [1.82, 2.24) is 0 Å². The third-order valence-electron chi connectivity index (χ3n) is 0.854. The average molecular weight is 112 g/mol. The third kappa shape index (κ3) is 5.21. The monoisotopic (exact) mass is 112 g/mol. The van der Waals surface area contributed by atoms with Crippen LogP contribution < -0.4 is 5.73 Å². The highest BCUT2D eigenvalue weighted by molar-refractivity contribution is 5.76. The van der Waals surface area contributed by atoms with E-state index in [-0.39, 0.29) is 5.84 Å². The quantitative estimate of drug-likeness (QED) is 0.245. The van der Waals surface area contributed by atoms with Gasteiger partial charge in [0.2, 0.25) is 0 Å². The normalized spacial score (nSPS) is 8.50. The maximum absolute atomic E-state index is 6.82. The van der Waals surface area contributed by atoms with E-state index >= 15 is 0 Å². The summed E-state index contributed by atoms with van der Waals surface area (Å²) in [5.74, 6) is 0.270. The Morgan fingerprint density at radius 3 is 2.75 bits per heavy atom. The number of allylic oxidation sites excluding steroid dienone is 1. The number of nitrogens with two attached hydrogens (primary N) is 1. The molecule has 0 spiro atoms. The first-order chi connectivity index (χ1) is 3.77. The van der Waals surface area contributed by atoms with Crippen molar-refractivity contribution in [3.8, 4) is 0 Å². The summed E-state index contributed by atoms with van der Waals surface area (Å²) in [5, 5.41) is 6.82. The van der Waals surface area contributed by atoms with Crippen molar-refractivity contribution in [2.45, 2.75) is 19.3 Å². The second kappa shape index (κ2) is 4.37. The minimum Gasteiger partial charge on any atom is -0.388 e. The summed E-state index contributed by atoms with van der Waals surface area (Å²) in [6.45, 7) is 3.55. The highest BCUT2D eigenvalue weighted by Gasteiger charge is 1.85. The fourth-order valence-corrected chi connectivity index (χ4v) is 0.437. The lowest BCUT2D eigenvalue weighted by Crippen LogP contribution is -2.08. The second-order valence-electron chi connectivity index (χ2n) is 1.71. The lowest BCUT2D eigenvalue weighted by atomic mass is 10.2. The van der Waals surface area contributed by atoms with Gasteiger partial charge in [-0.15, -0.1) is 6.58 Å². The zero-order valence-electron chi connectivity index (χ0n) is 4.98. The molecule has 2 nitrogen and oxygen atoms in total. The first-order valence-corrected chi connectivity index (χ1v) is 2.71. The van der Waals surface area contributed by atoms with Crippen LogP contribution in [0.4, 0.5) is 0 Å². The Balaban J connectivity index is 2.93. The van der Waals surface area contributed by atoms with Crippen molar-refractivity contribution in [3.63, 3.8) is 0 Å². The van der Waals surface area contributed by atoms with Gasteiger partial charge >= 0.3 is 0 Å². The number of hydrogen-bond donors (Lipinski definition) is 2. The first-order valence-electron chi connectivity index (χ1n) is 2.71. The van der Waals surface area contributed by atoms with Gasteiger partial charge in [0.05, 0.1) is 5.84 Å². The summed E-state index contributed by atoms with van der Waals surface area (Å²) >= 11 is 0. The number of amidine groups is 1. The molecule has 0 saturated carbocycles. The number of nitrogens with one attached hydrogen (secondary N) is 1. The molecule has 0 aliphatic rings. The Kier molecular flexibility index (Phi) is 3.94. The van der Waals surface area contributed by atoms with Crippen LogP contribution in [0.1, 0.15) is 19.3 Å². The number of rotatable bonds is 4. The summed E-state index contributed by atoms with van der Waals surface area (Å²) in [6, 6.07) is 0. The molecular formula is C6H12N2. The molecule has 0 aliphatic carbocycles. The van der Waals surface area contributed by atoms with E-state index in [9.17, 15) is 0 Å². The molecule has 3 N–H and O–H groups in total. The van der Waals surface area contributed by atoms with Gasteiger partial charge in [-0.3, -0.25) is 5.41 Å². The molecule has 46 valence electrons. The van der Waals surface area contributed by atoms with E-state index in [0.717, 1.165) is 12.8 Å². The van der Waals surface area contributed by atoms with Gasteiger partial charge in [-0.1, -0.05) is 6.08 Å². The van der Waals surface area contributed by atoms with E-state index < -0.39 is 0 Å². The molecule has 0 saturated heterocycles. The average Bonchev–Trinajstić information content (AvgIpc) is 1.66. The lowest BCUT2D eigenvalue weighted by Gasteiger charge is -1.91. The molecule has 0 aromatic heterocycles. The van der Waals surface area contributed by atoms with Crippen LogP contribution in [-0.4, -0.2) is 5.84 Å². The predicted octanol–water partition coefficient (Wildman–Crippen LogP) is 1.28. The zero-order chi connectivity index (χ0) is 6.41. The summed E-state index contributed by atoms with van der Waals surface area (Å²) < 4.78 is 0. The smallest absolute Gasteiger partial charge is 0.0905 e. The van der Waals surface area contributed by atoms with Crippen molar-refractivity contribution < 1.29 is 0 Å². The maximum atomic E-state index is 6.82. The summed E-state index contributed by atoms with van der Waals surface area (Å²) in [6.07, 6.45) is 4.45. The van der Waals surface area contributed by atoms with Gasteiger partial charge in [-0.25, -0.2) is 0 Å². The standard InChI is InChI=1S/C6H12N2/c1-2-3-4-5-6(7)8/h2H,1,3-5H2,(H3,7,8).